The summed E-state index contributed by atoms with van der Waals surface area (Å²) >= 11 is 0. The molecule has 0 nitrogen and oxygen atoms in total. The summed E-state index contributed by atoms with van der Waals surface area (Å²) in [5.41, 5.74) is 0. The van der Waals surface area contributed by atoms with Crippen molar-refractivity contribution in [3.05, 3.63) is 0 Å². The van der Waals surface area contributed by atoms with Crippen LogP contribution in [0.2, 0.25) is 0 Å². The highest BCUT2D eigenvalue weighted by Crippen LogP contribution is 2.51. The Hall–Kier alpha value is 0.430. The van der Waals surface area contributed by atoms with Gasteiger partial charge in [0.1, 0.15) is 0 Å². The van der Waals surface area contributed by atoms with E-state index >= 15 is 0 Å². The van der Waals surface area contributed by atoms with Crippen LogP contribution in [-0.4, -0.2) is 18.5 Å². The predicted octanol–water partition coefficient (Wildman–Crippen LogP) is 2.01. The fraction of sp³-hybridized carbons (Fsp3) is 1.00. The Morgan fingerprint density at radius 2 is 2.12 bits per heavy atom. The molecule has 8 heavy (non-hydrogen) atoms. The molecule has 0 aliphatic carbocycles. The molecule has 2 atom stereocenters. The van der Waals surface area contributed by atoms with Gasteiger partial charge in [-0.1, -0.05) is 0 Å². The van der Waals surface area contributed by atoms with Gasteiger partial charge in [-0.2, -0.15) is 0 Å². The Labute approximate surface area is 52.4 Å². The predicted molar refractivity (Wildman–Crippen MR) is 40.3 cm³/mol. The zero-order chi connectivity index (χ0) is 5.40. The van der Waals surface area contributed by atoms with Crippen LogP contribution in [0.15, 0.2) is 0 Å². The molecule has 2 heterocycles. The molecule has 46 valence electrons. The highest BCUT2D eigenvalue weighted by Gasteiger charge is 2.33. The fourth-order valence-electron chi connectivity index (χ4n) is 2.13. The minimum Gasteiger partial charge on any atom is -0.0434 e. The molecule has 1 heteroatoms. The summed E-state index contributed by atoms with van der Waals surface area (Å²) in [7, 11) is 0.287. The number of hydrogen-bond donors (Lipinski definition) is 0. The van der Waals surface area contributed by atoms with E-state index in [2.05, 4.69) is 0 Å². The molecule has 0 aromatic carbocycles. The molecular formula is C7H14P+. The van der Waals surface area contributed by atoms with Gasteiger partial charge in [0.05, 0.1) is 18.5 Å². The van der Waals surface area contributed by atoms with E-state index in [0.29, 0.717) is 0 Å². The molecule has 0 spiro atoms. The lowest BCUT2D eigenvalue weighted by Crippen LogP contribution is -2.03. The number of rotatable bonds is 0. The zero-order valence-corrected chi connectivity index (χ0v) is 6.32. The third-order valence-electron chi connectivity index (χ3n) is 2.63. The first kappa shape index (κ1) is 5.23. The molecule has 2 fully saturated rings. The largest absolute Gasteiger partial charge is 0.0601 e. The Bertz CT molecular complexity index is 76.4. The van der Waals surface area contributed by atoms with Crippen LogP contribution in [0.1, 0.15) is 19.3 Å². The second-order valence-electron chi connectivity index (χ2n) is 3.25. The van der Waals surface area contributed by atoms with Crippen molar-refractivity contribution in [2.24, 2.45) is 5.92 Å². The van der Waals surface area contributed by atoms with Crippen molar-refractivity contribution < 1.29 is 0 Å². The summed E-state index contributed by atoms with van der Waals surface area (Å²) in [6.07, 6.45) is 9.77. The summed E-state index contributed by atoms with van der Waals surface area (Å²) in [6.45, 7) is 0. The van der Waals surface area contributed by atoms with Crippen LogP contribution in [-0.2, 0) is 0 Å². The molecule has 0 amide bonds. The summed E-state index contributed by atoms with van der Waals surface area (Å²) in [5, 5.41) is 0. The molecule has 2 aliphatic heterocycles. The normalized spacial score (nSPS) is 45.0. The van der Waals surface area contributed by atoms with Gasteiger partial charge in [0.15, 0.2) is 0 Å². The minimum absolute atomic E-state index is 0.287. The van der Waals surface area contributed by atoms with E-state index in [4.69, 9.17) is 0 Å². The summed E-state index contributed by atoms with van der Waals surface area (Å²) in [4.78, 5) is 0. The zero-order valence-electron chi connectivity index (χ0n) is 5.32. The lowest BCUT2D eigenvalue weighted by molar-refractivity contribution is 0.533. The summed E-state index contributed by atoms with van der Waals surface area (Å²) in [5.74, 6) is 1.21. The van der Waals surface area contributed by atoms with Crippen LogP contribution in [0.25, 0.3) is 0 Å². The summed E-state index contributed by atoms with van der Waals surface area (Å²) in [6, 6.07) is 0. The molecule has 0 N–H and O–H groups in total. The quantitative estimate of drug-likeness (QED) is 0.439. The summed E-state index contributed by atoms with van der Waals surface area (Å²) < 4.78 is 0. The SMILES string of the molecule is C1CC2CC[PH+](C1)C2. The minimum atomic E-state index is 0.287. The molecule has 0 aromatic rings. The van der Waals surface area contributed by atoms with Gasteiger partial charge in [-0.15, -0.1) is 0 Å². The van der Waals surface area contributed by atoms with Gasteiger partial charge in [0.25, 0.3) is 0 Å². The van der Waals surface area contributed by atoms with Crippen LogP contribution in [0.4, 0.5) is 0 Å². The van der Waals surface area contributed by atoms with Gasteiger partial charge in [-0.25, -0.2) is 0 Å². The first-order valence-electron chi connectivity index (χ1n) is 3.79. The molecular weight excluding hydrogens is 115 g/mol. The van der Waals surface area contributed by atoms with Gasteiger partial charge in [-0.05, 0) is 25.2 Å². The van der Waals surface area contributed by atoms with Crippen molar-refractivity contribution in [3.8, 4) is 0 Å². The maximum atomic E-state index is 1.69. The second kappa shape index (κ2) is 1.99. The lowest BCUT2D eigenvalue weighted by Gasteiger charge is -2.11. The Kier molecular flexibility index (Phi) is 1.30. The van der Waals surface area contributed by atoms with Crippen LogP contribution < -0.4 is 0 Å². The average molecular weight is 129 g/mol. The van der Waals surface area contributed by atoms with E-state index < -0.39 is 0 Å². The van der Waals surface area contributed by atoms with Crippen LogP contribution in [0, 0.1) is 5.92 Å². The van der Waals surface area contributed by atoms with Crippen molar-refractivity contribution in [2.75, 3.05) is 18.5 Å². The van der Waals surface area contributed by atoms with Crippen molar-refractivity contribution in [1.82, 2.24) is 0 Å². The molecule has 0 radical (unpaired) electrons. The molecule has 2 rings (SSSR count). The van der Waals surface area contributed by atoms with Crippen molar-refractivity contribution in [1.29, 1.82) is 0 Å². The topological polar surface area (TPSA) is 0 Å². The molecule has 2 bridgehead atoms. The molecule has 0 saturated carbocycles. The third kappa shape index (κ3) is 0.796. The fourth-order valence-corrected chi connectivity index (χ4v) is 5.54. The first-order valence-corrected chi connectivity index (χ1v) is 5.91. The van der Waals surface area contributed by atoms with Gasteiger partial charge in [0, 0.05) is 7.92 Å². The van der Waals surface area contributed by atoms with Crippen molar-refractivity contribution in [2.45, 2.75) is 19.3 Å². The maximum absolute atomic E-state index is 1.69. The highest BCUT2D eigenvalue weighted by atomic mass is 31.1. The van der Waals surface area contributed by atoms with Crippen LogP contribution in [0.3, 0.4) is 0 Å². The Balaban J connectivity index is 2.03. The molecule has 0 aromatic heterocycles. The van der Waals surface area contributed by atoms with E-state index in [1.54, 1.807) is 37.7 Å². The van der Waals surface area contributed by atoms with E-state index in [9.17, 15) is 0 Å². The second-order valence-corrected chi connectivity index (χ2v) is 6.16. The van der Waals surface area contributed by atoms with Crippen LogP contribution >= 0.6 is 7.92 Å². The average Bonchev–Trinajstić information content (AvgIpc) is 2.12. The molecule has 2 unspecified atom stereocenters. The first-order chi connectivity index (χ1) is 3.95. The molecule has 2 saturated heterocycles. The van der Waals surface area contributed by atoms with Gasteiger partial charge in [0.2, 0.25) is 0 Å². The van der Waals surface area contributed by atoms with Crippen LogP contribution in [0.5, 0.6) is 0 Å². The van der Waals surface area contributed by atoms with Gasteiger partial charge in [-0.3, -0.25) is 0 Å². The monoisotopic (exact) mass is 129 g/mol. The Morgan fingerprint density at radius 3 is 2.88 bits per heavy atom. The smallest absolute Gasteiger partial charge is 0.0434 e. The van der Waals surface area contributed by atoms with E-state index in [1.807, 2.05) is 0 Å². The van der Waals surface area contributed by atoms with Crippen molar-refractivity contribution >= 4 is 7.92 Å². The van der Waals surface area contributed by atoms with E-state index in [-0.39, 0.29) is 7.92 Å². The van der Waals surface area contributed by atoms with Crippen molar-refractivity contribution in [3.63, 3.8) is 0 Å². The van der Waals surface area contributed by atoms with E-state index in [1.165, 1.54) is 5.92 Å². The van der Waals surface area contributed by atoms with Gasteiger partial charge >= 0.3 is 0 Å². The van der Waals surface area contributed by atoms with E-state index in [0.717, 1.165) is 0 Å². The van der Waals surface area contributed by atoms with Gasteiger partial charge < -0.3 is 0 Å². The standard InChI is InChI=1S/C7H13P/c1-2-7-3-5-8(4-1)6-7/h7H,1-6H2/p+1. The highest BCUT2D eigenvalue weighted by molar-refractivity contribution is 7.58. The lowest BCUT2D eigenvalue weighted by atomic mass is 10.0. The number of hydrogen-bond acceptors (Lipinski definition) is 0. The Morgan fingerprint density at radius 1 is 1.12 bits per heavy atom. The third-order valence-corrected chi connectivity index (χ3v) is 5.84. The maximum Gasteiger partial charge on any atom is 0.0601 e. The number of fused-ring (bicyclic) bond motifs is 2. The molecule has 2 aliphatic rings.